The number of morpholine rings is 1. The Hall–Kier alpha value is -1.54. The first-order chi connectivity index (χ1) is 11.6. The lowest BCUT2D eigenvalue weighted by Crippen LogP contribution is -2.42. The van der Waals surface area contributed by atoms with Gasteiger partial charge in [-0.3, -0.25) is 14.5 Å². The molecule has 1 aromatic carbocycles. The van der Waals surface area contributed by atoms with Crippen LogP contribution in [-0.2, 0) is 9.53 Å². The number of carbonyl (C=O) groups is 2. The maximum absolute atomic E-state index is 12.3. The second kappa shape index (κ2) is 10.6. The summed E-state index contributed by atoms with van der Waals surface area (Å²) in [6.07, 6.45) is 0.358. The molecule has 1 aromatic rings. The molecule has 1 unspecified atom stereocenters. The Morgan fingerprint density at radius 3 is 2.65 bits per heavy atom. The van der Waals surface area contributed by atoms with Crippen LogP contribution in [0.25, 0.3) is 0 Å². The van der Waals surface area contributed by atoms with Gasteiger partial charge in [-0.2, -0.15) is 0 Å². The lowest BCUT2D eigenvalue weighted by molar-refractivity contribution is -0.128. The molecule has 0 aliphatic carbocycles. The van der Waals surface area contributed by atoms with Gasteiger partial charge in [0.1, 0.15) is 0 Å². The molecular formula is C17H26Cl2N4O3. The van der Waals surface area contributed by atoms with Crippen LogP contribution in [0.1, 0.15) is 16.8 Å². The molecule has 2 heterocycles. The molecule has 3 N–H and O–H groups in total. The number of nitrogens with two attached hydrogens (primary N) is 1. The molecule has 0 spiro atoms. The second-order valence-electron chi connectivity index (χ2n) is 6.29. The van der Waals surface area contributed by atoms with Crippen molar-refractivity contribution in [3.05, 3.63) is 29.8 Å². The van der Waals surface area contributed by atoms with Gasteiger partial charge in [-0.25, -0.2) is 0 Å². The Kier molecular flexibility index (Phi) is 9.15. The maximum atomic E-state index is 12.3. The standard InChI is InChI=1S/C17H24N4O3.2ClH/c18-14-3-1-2-13(10-14)17(23)19-15-11-16(22)21(12-15)5-4-20-6-8-24-9-7-20;;/h1-3,10,15H,4-9,11-12,18H2,(H,19,23);2*1H. The fourth-order valence-electron chi connectivity index (χ4n) is 3.12. The molecule has 2 amide bonds. The van der Waals surface area contributed by atoms with Gasteiger partial charge in [0.05, 0.1) is 19.3 Å². The van der Waals surface area contributed by atoms with E-state index in [0.29, 0.717) is 30.8 Å². The minimum Gasteiger partial charge on any atom is -0.399 e. The topological polar surface area (TPSA) is 87.9 Å². The summed E-state index contributed by atoms with van der Waals surface area (Å²) >= 11 is 0. The van der Waals surface area contributed by atoms with E-state index in [9.17, 15) is 9.59 Å². The van der Waals surface area contributed by atoms with Crippen LogP contribution in [0.2, 0.25) is 0 Å². The van der Waals surface area contributed by atoms with Crippen LogP contribution in [0.5, 0.6) is 0 Å². The van der Waals surface area contributed by atoms with Crippen molar-refractivity contribution < 1.29 is 14.3 Å². The van der Waals surface area contributed by atoms with Crippen LogP contribution in [0.4, 0.5) is 5.69 Å². The normalized spacial score (nSPS) is 20.2. The van der Waals surface area contributed by atoms with Crippen LogP contribution in [-0.4, -0.2) is 73.6 Å². The van der Waals surface area contributed by atoms with Crippen molar-refractivity contribution in [2.24, 2.45) is 0 Å². The summed E-state index contributed by atoms with van der Waals surface area (Å²) in [7, 11) is 0. The average Bonchev–Trinajstić information content (AvgIpc) is 2.93. The number of halogens is 2. The van der Waals surface area contributed by atoms with E-state index in [1.54, 1.807) is 24.3 Å². The number of ether oxygens (including phenoxy) is 1. The zero-order valence-electron chi connectivity index (χ0n) is 14.6. The average molecular weight is 405 g/mol. The third-order valence-corrected chi connectivity index (χ3v) is 4.49. The Bertz CT molecular complexity index is 611. The first-order valence-corrected chi connectivity index (χ1v) is 8.36. The summed E-state index contributed by atoms with van der Waals surface area (Å²) < 4.78 is 5.33. The Labute approximate surface area is 166 Å². The van der Waals surface area contributed by atoms with Gasteiger partial charge in [-0.05, 0) is 18.2 Å². The van der Waals surface area contributed by atoms with E-state index in [1.807, 2.05) is 4.90 Å². The summed E-state index contributed by atoms with van der Waals surface area (Å²) in [5, 5.41) is 2.93. The molecule has 2 fully saturated rings. The molecule has 7 nitrogen and oxygen atoms in total. The van der Waals surface area contributed by atoms with E-state index >= 15 is 0 Å². The van der Waals surface area contributed by atoms with Crippen molar-refractivity contribution in [1.82, 2.24) is 15.1 Å². The summed E-state index contributed by atoms with van der Waals surface area (Å²) in [6.45, 7) is 5.46. The molecular weight excluding hydrogens is 379 g/mol. The molecule has 2 saturated heterocycles. The summed E-state index contributed by atoms with van der Waals surface area (Å²) in [6, 6.07) is 6.71. The zero-order valence-corrected chi connectivity index (χ0v) is 16.2. The Morgan fingerprint density at radius 2 is 1.96 bits per heavy atom. The van der Waals surface area contributed by atoms with Crippen molar-refractivity contribution >= 4 is 42.3 Å². The lowest BCUT2D eigenvalue weighted by Gasteiger charge is -2.28. The predicted molar refractivity (Wildman–Crippen MR) is 105 cm³/mol. The largest absolute Gasteiger partial charge is 0.399 e. The highest BCUT2D eigenvalue weighted by molar-refractivity contribution is 5.95. The number of hydrogen-bond acceptors (Lipinski definition) is 5. The number of anilines is 1. The molecule has 2 aliphatic heterocycles. The molecule has 0 aromatic heterocycles. The van der Waals surface area contributed by atoms with Crippen LogP contribution >= 0.6 is 24.8 Å². The molecule has 3 rings (SSSR count). The Morgan fingerprint density at radius 1 is 1.23 bits per heavy atom. The van der Waals surface area contributed by atoms with Crippen molar-refractivity contribution in [3.63, 3.8) is 0 Å². The van der Waals surface area contributed by atoms with Gasteiger partial charge < -0.3 is 20.7 Å². The quantitative estimate of drug-likeness (QED) is 0.707. The van der Waals surface area contributed by atoms with Gasteiger partial charge in [0.15, 0.2) is 0 Å². The van der Waals surface area contributed by atoms with Crippen LogP contribution in [0, 0.1) is 0 Å². The van der Waals surface area contributed by atoms with E-state index in [-0.39, 0.29) is 42.7 Å². The highest BCUT2D eigenvalue weighted by Gasteiger charge is 2.30. The first kappa shape index (κ1) is 22.5. The maximum Gasteiger partial charge on any atom is 0.251 e. The van der Waals surface area contributed by atoms with E-state index in [2.05, 4.69) is 10.2 Å². The van der Waals surface area contributed by atoms with E-state index < -0.39 is 0 Å². The number of carbonyl (C=O) groups excluding carboxylic acids is 2. The van der Waals surface area contributed by atoms with Gasteiger partial charge >= 0.3 is 0 Å². The van der Waals surface area contributed by atoms with E-state index in [0.717, 1.165) is 32.8 Å². The van der Waals surface area contributed by atoms with Gasteiger partial charge in [0.2, 0.25) is 5.91 Å². The van der Waals surface area contributed by atoms with Gasteiger partial charge in [0.25, 0.3) is 5.91 Å². The number of hydrogen-bond donors (Lipinski definition) is 2. The molecule has 9 heteroatoms. The number of likely N-dealkylation sites (tertiary alicyclic amines) is 1. The SMILES string of the molecule is Cl.Cl.Nc1cccc(C(=O)NC2CC(=O)N(CCN3CCOCC3)C2)c1. The van der Waals surface area contributed by atoms with Crippen molar-refractivity contribution in [1.29, 1.82) is 0 Å². The molecule has 0 bridgehead atoms. The molecule has 2 aliphatic rings. The smallest absolute Gasteiger partial charge is 0.251 e. The predicted octanol–water partition coefficient (Wildman–Crippen LogP) is 0.775. The van der Waals surface area contributed by atoms with Gasteiger partial charge in [0, 0.05) is 50.4 Å². The summed E-state index contributed by atoms with van der Waals surface area (Å²) in [5.41, 5.74) is 6.78. The number of nitrogens with one attached hydrogen (secondary N) is 1. The second-order valence-corrected chi connectivity index (χ2v) is 6.29. The number of nitrogen functional groups attached to an aromatic ring is 1. The molecule has 0 saturated carbocycles. The van der Waals surface area contributed by atoms with Crippen LogP contribution < -0.4 is 11.1 Å². The van der Waals surface area contributed by atoms with Crippen molar-refractivity contribution in [2.75, 3.05) is 51.7 Å². The van der Waals surface area contributed by atoms with Crippen molar-refractivity contribution in [2.45, 2.75) is 12.5 Å². The van der Waals surface area contributed by atoms with Gasteiger partial charge in [-0.15, -0.1) is 24.8 Å². The highest BCUT2D eigenvalue weighted by atomic mass is 35.5. The number of amides is 2. The summed E-state index contributed by atoms with van der Waals surface area (Å²) in [4.78, 5) is 28.5. The van der Waals surface area contributed by atoms with Crippen molar-refractivity contribution in [3.8, 4) is 0 Å². The first-order valence-electron chi connectivity index (χ1n) is 8.36. The Balaban J connectivity index is 0.00000169. The molecule has 1 atom stereocenters. The fraction of sp³-hybridized carbons (Fsp3) is 0.529. The van der Waals surface area contributed by atoms with E-state index in [4.69, 9.17) is 10.5 Å². The number of nitrogens with zero attached hydrogens (tertiary/aromatic N) is 2. The van der Waals surface area contributed by atoms with Gasteiger partial charge in [-0.1, -0.05) is 6.07 Å². The lowest BCUT2D eigenvalue weighted by atomic mass is 10.1. The minimum atomic E-state index is -0.185. The third kappa shape index (κ3) is 6.02. The molecule has 0 radical (unpaired) electrons. The number of rotatable bonds is 5. The highest BCUT2D eigenvalue weighted by Crippen LogP contribution is 2.13. The zero-order chi connectivity index (χ0) is 16.9. The van der Waals surface area contributed by atoms with E-state index in [1.165, 1.54) is 0 Å². The fourth-order valence-corrected chi connectivity index (χ4v) is 3.12. The third-order valence-electron chi connectivity index (χ3n) is 4.49. The number of benzene rings is 1. The molecule has 26 heavy (non-hydrogen) atoms. The van der Waals surface area contributed by atoms with Crippen LogP contribution in [0.3, 0.4) is 0 Å². The monoisotopic (exact) mass is 404 g/mol. The van der Waals surface area contributed by atoms with Crippen LogP contribution in [0.15, 0.2) is 24.3 Å². The summed E-state index contributed by atoms with van der Waals surface area (Å²) in [5.74, 6) is -0.0868. The minimum absolute atomic E-state index is 0. The molecule has 146 valence electrons.